The molecule has 1 atom stereocenters. The lowest BCUT2D eigenvalue weighted by Gasteiger charge is -2.42. The number of ether oxygens (including phenoxy) is 1. The highest BCUT2D eigenvalue weighted by molar-refractivity contribution is 5.91. The van der Waals surface area contributed by atoms with E-state index in [1.807, 2.05) is 19.9 Å². The first kappa shape index (κ1) is 14.1. The predicted octanol–water partition coefficient (Wildman–Crippen LogP) is 4.04. The number of carbonyl (C=O) groups is 1. The zero-order chi connectivity index (χ0) is 14.4. The highest BCUT2D eigenvalue weighted by Gasteiger charge is 2.49. The maximum Gasteiger partial charge on any atom is 0.145 e. The normalized spacial score (nSPS) is 22.0. The molecule has 104 valence electrons. The van der Waals surface area contributed by atoms with E-state index in [1.165, 1.54) is 5.56 Å². The average molecular weight is 260 g/mol. The Bertz CT molecular complexity index is 506. The Morgan fingerprint density at radius 2 is 1.89 bits per heavy atom. The van der Waals surface area contributed by atoms with Crippen molar-refractivity contribution in [2.45, 2.75) is 59.5 Å². The van der Waals surface area contributed by atoms with Gasteiger partial charge in [0.1, 0.15) is 17.6 Å². The van der Waals surface area contributed by atoms with Crippen LogP contribution >= 0.6 is 0 Å². The van der Waals surface area contributed by atoms with Gasteiger partial charge in [-0.2, -0.15) is 0 Å². The molecule has 0 bridgehead atoms. The Balaban J connectivity index is 2.17. The van der Waals surface area contributed by atoms with Gasteiger partial charge in [0.2, 0.25) is 0 Å². The number of benzene rings is 1. The van der Waals surface area contributed by atoms with Crippen LogP contribution in [-0.2, 0) is 10.2 Å². The van der Waals surface area contributed by atoms with Gasteiger partial charge in [0.05, 0.1) is 5.41 Å². The molecule has 0 aliphatic heterocycles. The second-order valence-electron chi connectivity index (χ2n) is 7.19. The number of aryl methyl sites for hydroxylation is 1. The fourth-order valence-electron chi connectivity index (χ4n) is 2.33. The monoisotopic (exact) mass is 260 g/mol. The lowest BCUT2D eigenvalue weighted by molar-refractivity contribution is -0.148. The molecule has 1 aliphatic carbocycles. The van der Waals surface area contributed by atoms with E-state index < -0.39 is 0 Å². The van der Waals surface area contributed by atoms with E-state index in [-0.39, 0.29) is 16.9 Å². The maximum atomic E-state index is 11.5. The van der Waals surface area contributed by atoms with Crippen LogP contribution in [0.25, 0.3) is 0 Å². The molecule has 0 spiro atoms. The van der Waals surface area contributed by atoms with Crippen molar-refractivity contribution in [2.24, 2.45) is 5.41 Å². The summed E-state index contributed by atoms with van der Waals surface area (Å²) in [7, 11) is 0. The van der Waals surface area contributed by atoms with E-state index >= 15 is 0 Å². The Morgan fingerprint density at radius 3 is 2.32 bits per heavy atom. The summed E-state index contributed by atoms with van der Waals surface area (Å²) in [4.78, 5) is 11.5. The van der Waals surface area contributed by atoms with Crippen molar-refractivity contribution in [2.75, 3.05) is 0 Å². The molecule has 1 unspecified atom stereocenters. The topological polar surface area (TPSA) is 26.3 Å². The number of Topliss-reactive ketones (excluding diaryl/α,β-unsaturated/α-hetero) is 1. The molecular weight excluding hydrogens is 236 g/mol. The number of hydrogen-bond donors (Lipinski definition) is 0. The minimum absolute atomic E-state index is 0.0131. The Labute approximate surface area is 116 Å². The lowest BCUT2D eigenvalue weighted by Crippen LogP contribution is -2.53. The fourth-order valence-corrected chi connectivity index (χ4v) is 2.33. The summed E-state index contributed by atoms with van der Waals surface area (Å²) in [5, 5.41) is 0. The summed E-state index contributed by atoms with van der Waals surface area (Å²) < 4.78 is 6.01. The highest BCUT2D eigenvalue weighted by atomic mass is 16.5. The van der Waals surface area contributed by atoms with E-state index in [2.05, 4.69) is 39.8 Å². The molecule has 0 amide bonds. The minimum atomic E-state index is -0.338. The molecule has 1 fully saturated rings. The largest absolute Gasteiger partial charge is 0.489 e. The SMILES string of the molecule is Cc1cc(C(C)(C)C)ccc1OC1CC(=O)C1(C)C. The summed E-state index contributed by atoms with van der Waals surface area (Å²) in [5.41, 5.74) is 2.26. The van der Waals surface area contributed by atoms with Crippen molar-refractivity contribution in [3.63, 3.8) is 0 Å². The van der Waals surface area contributed by atoms with Crippen molar-refractivity contribution >= 4 is 5.78 Å². The third-order valence-electron chi connectivity index (χ3n) is 4.20. The first-order chi connectivity index (χ1) is 8.62. The van der Waals surface area contributed by atoms with Crippen LogP contribution < -0.4 is 4.74 Å². The molecule has 2 nitrogen and oxygen atoms in total. The molecule has 0 N–H and O–H groups in total. The third kappa shape index (κ3) is 2.54. The smallest absolute Gasteiger partial charge is 0.145 e. The van der Waals surface area contributed by atoms with Gasteiger partial charge in [0.15, 0.2) is 0 Å². The Hall–Kier alpha value is -1.31. The van der Waals surface area contributed by atoms with Crippen molar-refractivity contribution in [1.29, 1.82) is 0 Å². The van der Waals surface area contributed by atoms with E-state index in [0.717, 1.165) is 11.3 Å². The lowest BCUT2D eigenvalue weighted by atomic mass is 9.68. The van der Waals surface area contributed by atoms with E-state index in [9.17, 15) is 4.79 Å². The molecule has 2 heteroatoms. The van der Waals surface area contributed by atoms with Gasteiger partial charge in [-0.15, -0.1) is 0 Å². The number of carbonyl (C=O) groups excluding carboxylic acids is 1. The zero-order valence-corrected chi connectivity index (χ0v) is 12.8. The summed E-state index contributed by atoms with van der Waals surface area (Å²) in [6.45, 7) is 12.6. The molecule has 1 aromatic carbocycles. The predicted molar refractivity (Wildman–Crippen MR) is 77.7 cm³/mol. The molecule has 2 rings (SSSR count). The molecule has 0 aromatic heterocycles. The van der Waals surface area contributed by atoms with Crippen molar-refractivity contribution in [3.8, 4) is 5.75 Å². The molecule has 1 saturated carbocycles. The van der Waals surface area contributed by atoms with Crippen molar-refractivity contribution < 1.29 is 9.53 Å². The maximum absolute atomic E-state index is 11.5. The van der Waals surface area contributed by atoms with Gasteiger partial charge in [0.25, 0.3) is 0 Å². The molecule has 0 radical (unpaired) electrons. The molecule has 0 saturated heterocycles. The summed E-state index contributed by atoms with van der Waals surface area (Å²) >= 11 is 0. The van der Waals surface area contributed by atoms with Gasteiger partial charge < -0.3 is 4.74 Å². The quantitative estimate of drug-likeness (QED) is 0.802. The Morgan fingerprint density at radius 1 is 1.26 bits per heavy atom. The Kier molecular flexibility index (Phi) is 3.24. The second kappa shape index (κ2) is 4.36. The number of rotatable bonds is 2. The first-order valence-corrected chi connectivity index (χ1v) is 6.93. The summed E-state index contributed by atoms with van der Waals surface area (Å²) in [6, 6.07) is 6.34. The van der Waals surface area contributed by atoms with Gasteiger partial charge in [-0.05, 0) is 43.4 Å². The summed E-state index contributed by atoms with van der Waals surface area (Å²) in [5.74, 6) is 1.19. The van der Waals surface area contributed by atoms with E-state index in [4.69, 9.17) is 4.74 Å². The third-order valence-corrected chi connectivity index (χ3v) is 4.20. The molecule has 0 heterocycles. The van der Waals surface area contributed by atoms with Crippen LogP contribution in [-0.4, -0.2) is 11.9 Å². The van der Waals surface area contributed by atoms with E-state index in [1.54, 1.807) is 0 Å². The van der Waals surface area contributed by atoms with E-state index in [0.29, 0.717) is 12.2 Å². The van der Waals surface area contributed by atoms with Crippen LogP contribution in [0, 0.1) is 12.3 Å². The molecule has 1 aliphatic rings. The van der Waals surface area contributed by atoms with Crippen molar-refractivity contribution in [3.05, 3.63) is 29.3 Å². The van der Waals surface area contributed by atoms with Crippen LogP contribution in [0.4, 0.5) is 0 Å². The van der Waals surface area contributed by atoms with Gasteiger partial charge in [0, 0.05) is 6.42 Å². The van der Waals surface area contributed by atoms with Crippen LogP contribution in [0.5, 0.6) is 5.75 Å². The van der Waals surface area contributed by atoms with Gasteiger partial charge >= 0.3 is 0 Å². The zero-order valence-electron chi connectivity index (χ0n) is 12.8. The van der Waals surface area contributed by atoms with Gasteiger partial charge in [-0.1, -0.05) is 32.9 Å². The second-order valence-corrected chi connectivity index (χ2v) is 7.19. The molecule has 1 aromatic rings. The number of hydrogen-bond acceptors (Lipinski definition) is 2. The van der Waals surface area contributed by atoms with Gasteiger partial charge in [-0.3, -0.25) is 4.79 Å². The minimum Gasteiger partial charge on any atom is -0.489 e. The highest BCUT2D eigenvalue weighted by Crippen LogP contribution is 2.40. The fraction of sp³-hybridized carbons (Fsp3) is 0.588. The summed E-state index contributed by atoms with van der Waals surface area (Å²) in [6.07, 6.45) is 0.548. The van der Waals surface area contributed by atoms with Crippen LogP contribution in [0.2, 0.25) is 0 Å². The molecular formula is C17H24O2. The van der Waals surface area contributed by atoms with Gasteiger partial charge in [-0.25, -0.2) is 0 Å². The standard InChI is InChI=1S/C17H24O2/c1-11-9-12(16(2,3)4)7-8-13(11)19-15-10-14(18)17(15,5)6/h7-9,15H,10H2,1-6H3. The molecule has 19 heavy (non-hydrogen) atoms. The van der Waals surface area contributed by atoms with Crippen LogP contribution in [0.3, 0.4) is 0 Å². The van der Waals surface area contributed by atoms with Crippen LogP contribution in [0.1, 0.15) is 52.2 Å². The van der Waals surface area contributed by atoms with Crippen molar-refractivity contribution in [1.82, 2.24) is 0 Å². The average Bonchev–Trinajstić information content (AvgIpc) is 2.29. The van der Waals surface area contributed by atoms with Crippen LogP contribution in [0.15, 0.2) is 18.2 Å². The number of ketones is 1. The first-order valence-electron chi connectivity index (χ1n) is 6.93.